The Labute approximate surface area is 97.0 Å². The maximum absolute atomic E-state index is 10.4. The van der Waals surface area contributed by atoms with Crippen LogP contribution in [0.5, 0.6) is 0 Å². The lowest BCUT2D eigenvalue weighted by Gasteiger charge is -1.90. The second-order valence-electron chi connectivity index (χ2n) is 3.27. The SMILES string of the molecule is CCCCC=CC=CC=CC=CP(=O)(O)O. The molecule has 0 aliphatic rings. The van der Waals surface area contributed by atoms with E-state index in [1.807, 2.05) is 18.2 Å². The Balaban J connectivity index is 3.75. The van der Waals surface area contributed by atoms with E-state index in [0.29, 0.717) is 0 Å². The molecule has 3 nitrogen and oxygen atoms in total. The standard InChI is InChI=1S/C12H19O3P/c1-2-3-4-5-6-7-8-9-10-11-12-16(13,14)15/h5-12H,2-4H2,1H3,(H2,13,14,15). The molecule has 0 aliphatic heterocycles. The minimum absolute atomic E-state index is 0.869. The Kier molecular flexibility index (Phi) is 8.82. The molecular weight excluding hydrogens is 223 g/mol. The van der Waals surface area contributed by atoms with Gasteiger partial charge in [0.05, 0.1) is 0 Å². The van der Waals surface area contributed by atoms with Gasteiger partial charge in [-0.1, -0.05) is 62.3 Å². The van der Waals surface area contributed by atoms with Crippen LogP contribution in [0.25, 0.3) is 0 Å². The molecule has 0 rings (SSSR count). The van der Waals surface area contributed by atoms with Gasteiger partial charge in [0, 0.05) is 5.82 Å². The first-order valence-electron chi connectivity index (χ1n) is 5.29. The van der Waals surface area contributed by atoms with E-state index < -0.39 is 7.60 Å². The average molecular weight is 242 g/mol. The van der Waals surface area contributed by atoms with Crippen molar-refractivity contribution < 1.29 is 14.4 Å². The topological polar surface area (TPSA) is 57.5 Å². The van der Waals surface area contributed by atoms with Crippen molar-refractivity contribution in [2.75, 3.05) is 0 Å². The van der Waals surface area contributed by atoms with Gasteiger partial charge in [-0.15, -0.1) is 0 Å². The van der Waals surface area contributed by atoms with Crippen molar-refractivity contribution in [1.82, 2.24) is 0 Å². The number of hydrogen-bond donors (Lipinski definition) is 2. The van der Waals surface area contributed by atoms with E-state index in [2.05, 4.69) is 13.0 Å². The van der Waals surface area contributed by atoms with E-state index in [-0.39, 0.29) is 0 Å². The van der Waals surface area contributed by atoms with E-state index >= 15 is 0 Å². The largest absolute Gasteiger partial charge is 0.349 e. The number of hydrogen-bond acceptors (Lipinski definition) is 1. The highest BCUT2D eigenvalue weighted by molar-refractivity contribution is 7.55. The van der Waals surface area contributed by atoms with E-state index in [1.54, 1.807) is 12.2 Å². The number of unbranched alkanes of at least 4 members (excludes halogenated alkanes) is 2. The van der Waals surface area contributed by atoms with Crippen LogP contribution in [0.1, 0.15) is 26.2 Å². The summed E-state index contributed by atoms with van der Waals surface area (Å²) in [5.74, 6) is 0.869. The van der Waals surface area contributed by atoms with Crippen LogP contribution in [0.4, 0.5) is 0 Å². The van der Waals surface area contributed by atoms with Crippen molar-refractivity contribution in [2.45, 2.75) is 26.2 Å². The molecule has 0 saturated heterocycles. The molecule has 0 heterocycles. The molecule has 0 amide bonds. The summed E-state index contributed by atoms with van der Waals surface area (Å²) < 4.78 is 10.4. The average Bonchev–Trinajstić information content (AvgIpc) is 2.19. The third-order valence-corrected chi connectivity index (χ3v) is 2.26. The quantitative estimate of drug-likeness (QED) is 0.408. The van der Waals surface area contributed by atoms with Crippen LogP contribution < -0.4 is 0 Å². The van der Waals surface area contributed by atoms with Crippen molar-refractivity contribution in [1.29, 1.82) is 0 Å². The minimum atomic E-state index is -4.01. The first-order chi connectivity index (χ1) is 7.56. The highest BCUT2D eigenvalue weighted by Gasteiger charge is 2.03. The van der Waals surface area contributed by atoms with Gasteiger partial charge < -0.3 is 9.79 Å². The molecule has 0 radical (unpaired) electrons. The molecule has 0 aromatic carbocycles. The molecule has 0 atom stereocenters. The molecule has 0 fully saturated rings. The second kappa shape index (κ2) is 9.34. The number of allylic oxidation sites excluding steroid dienone is 7. The van der Waals surface area contributed by atoms with Gasteiger partial charge in [0.25, 0.3) is 0 Å². The van der Waals surface area contributed by atoms with Gasteiger partial charge in [0.2, 0.25) is 0 Å². The van der Waals surface area contributed by atoms with Gasteiger partial charge in [0.15, 0.2) is 0 Å². The molecule has 0 saturated carbocycles. The van der Waals surface area contributed by atoms with Crippen LogP contribution in [0.15, 0.2) is 48.3 Å². The molecule has 2 N–H and O–H groups in total. The third kappa shape index (κ3) is 13.1. The predicted octanol–water partition coefficient (Wildman–Crippen LogP) is 3.54. The molecule has 0 aromatic rings. The third-order valence-electron chi connectivity index (χ3n) is 1.70. The molecule has 0 unspecified atom stereocenters. The van der Waals surface area contributed by atoms with Crippen LogP contribution >= 0.6 is 7.60 Å². The zero-order valence-electron chi connectivity index (χ0n) is 9.49. The fourth-order valence-electron chi connectivity index (χ4n) is 0.915. The summed E-state index contributed by atoms with van der Waals surface area (Å²) in [5, 5.41) is 0. The molecule has 0 spiro atoms. The molecule has 4 heteroatoms. The lowest BCUT2D eigenvalue weighted by atomic mass is 10.2. The Bertz CT molecular complexity index is 321. The van der Waals surface area contributed by atoms with Crippen molar-refractivity contribution in [3.8, 4) is 0 Å². The molecule has 0 aliphatic carbocycles. The van der Waals surface area contributed by atoms with Gasteiger partial charge in [-0.25, -0.2) is 0 Å². The van der Waals surface area contributed by atoms with Crippen LogP contribution in [0, 0.1) is 0 Å². The first kappa shape index (κ1) is 15.1. The smallest absolute Gasteiger partial charge is 0.321 e. The Morgan fingerprint density at radius 1 is 1.00 bits per heavy atom. The van der Waals surface area contributed by atoms with Crippen molar-refractivity contribution in [3.05, 3.63) is 48.3 Å². The zero-order chi connectivity index (χ0) is 12.3. The highest BCUT2D eigenvalue weighted by atomic mass is 31.2. The molecule has 0 bridgehead atoms. The molecule has 90 valence electrons. The zero-order valence-corrected chi connectivity index (χ0v) is 10.4. The van der Waals surface area contributed by atoms with E-state index in [4.69, 9.17) is 9.79 Å². The van der Waals surface area contributed by atoms with Gasteiger partial charge in [-0.3, -0.25) is 4.57 Å². The van der Waals surface area contributed by atoms with Crippen LogP contribution in [0.3, 0.4) is 0 Å². The van der Waals surface area contributed by atoms with Gasteiger partial charge in [-0.05, 0) is 6.42 Å². The van der Waals surface area contributed by atoms with Crippen molar-refractivity contribution >= 4 is 7.60 Å². The van der Waals surface area contributed by atoms with Crippen molar-refractivity contribution in [3.63, 3.8) is 0 Å². The van der Waals surface area contributed by atoms with E-state index in [9.17, 15) is 4.57 Å². The summed E-state index contributed by atoms with van der Waals surface area (Å²) in [6, 6.07) is 0. The molecule has 0 aromatic heterocycles. The molecular formula is C12H19O3P. The van der Waals surface area contributed by atoms with Crippen LogP contribution in [-0.4, -0.2) is 9.79 Å². The van der Waals surface area contributed by atoms with Gasteiger partial charge >= 0.3 is 7.60 Å². The summed E-state index contributed by atoms with van der Waals surface area (Å²) >= 11 is 0. The summed E-state index contributed by atoms with van der Waals surface area (Å²) in [4.78, 5) is 17.0. The Morgan fingerprint density at radius 3 is 2.12 bits per heavy atom. The summed E-state index contributed by atoms with van der Waals surface area (Å²) in [6.45, 7) is 2.15. The van der Waals surface area contributed by atoms with Gasteiger partial charge in [0.1, 0.15) is 0 Å². The maximum atomic E-state index is 10.4. The Hall–Kier alpha value is -0.890. The minimum Gasteiger partial charge on any atom is -0.321 e. The normalized spacial score (nSPS) is 13.9. The summed E-state index contributed by atoms with van der Waals surface area (Å²) in [6.07, 6.45) is 15.9. The van der Waals surface area contributed by atoms with Crippen molar-refractivity contribution in [2.24, 2.45) is 0 Å². The first-order valence-corrected chi connectivity index (χ1v) is 6.97. The van der Waals surface area contributed by atoms with Crippen LogP contribution in [-0.2, 0) is 4.57 Å². The van der Waals surface area contributed by atoms with Crippen LogP contribution in [0.2, 0.25) is 0 Å². The van der Waals surface area contributed by atoms with Gasteiger partial charge in [-0.2, -0.15) is 0 Å². The molecule has 16 heavy (non-hydrogen) atoms. The second-order valence-corrected chi connectivity index (χ2v) is 4.75. The van der Waals surface area contributed by atoms with E-state index in [1.165, 1.54) is 18.9 Å². The fourth-order valence-corrected chi connectivity index (χ4v) is 1.24. The summed E-state index contributed by atoms with van der Waals surface area (Å²) in [5.41, 5.74) is 0. The lowest BCUT2D eigenvalue weighted by Crippen LogP contribution is -1.66. The fraction of sp³-hybridized carbons (Fsp3) is 0.333. The predicted molar refractivity (Wildman–Crippen MR) is 68.1 cm³/mol. The number of rotatable bonds is 7. The van der Waals surface area contributed by atoms with E-state index in [0.717, 1.165) is 12.2 Å². The Morgan fingerprint density at radius 2 is 1.56 bits per heavy atom. The summed E-state index contributed by atoms with van der Waals surface area (Å²) in [7, 11) is -4.01. The monoisotopic (exact) mass is 242 g/mol. The highest BCUT2D eigenvalue weighted by Crippen LogP contribution is 2.35. The lowest BCUT2D eigenvalue weighted by molar-refractivity contribution is 0.386. The maximum Gasteiger partial charge on any atom is 0.349 e.